The van der Waals surface area contributed by atoms with E-state index >= 15 is 0 Å². The first-order chi connectivity index (χ1) is 20.2. The van der Waals surface area contributed by atoms with E-state index in [1.54, 1.807) is 12.3 Å². The average Bonchev–Trinajstić information content (AvgIpc) is 2.98. The van der Waals surface area contributed by atoms with Gasteiger partial charge < -0.3 is 15.0 Å². The minimum absolute atomic E-state index is 0.0320. The normalized spacial score (nSPS) is 16.6. The van der Waals surface area contributed by atoms with Crippen molar-refractivity contribution in [1.29, 1.82) is 0 Å². The van der Waals surface area contributed by atoms with Gasteiger partial charge in [0.2, 0.25) is 5.88 Å². The lowest BCUT2D eigenvalue weighted by molar-refractivity contribution is -1.07. The van der Waals surface area contributed by atoms with Crippen LogP contribution in [-0.4, -0.2) is 84.6 Å². The van der Waals surface area contributed by atoms with Crippen molar-refractivity contribution >= 4 is 29.0 Å². The summed E-state index contributed by atoms with van der Waals surface area (Å²) in [6, 6.07) is 13.5. The van der Waals surface area contributed by atoms with Gasteiger partial charge in [-0.05, 0) is 73.8 Å². The molecule has 2 N–H and O–H groups in total. The number of pyridine rings is 2. The Morgan fingerprint density at radius 2 is 1.67 bits per heavy atom. The molecule has 5 rings (SSSR count). The molecular weight excluding hydrogens is 571 g/mol. The fourth-order valence-electron chi connectivity index (χ4n) is 5.38. The van der Waals surface area contributed by atoms with Gasteiger partial charge in [-0.15, -0.1) is 0 Å². The van der Waals surface area contributed by atoms with Crippen molar-refractivity contribution in [3.05, 3.63) is 64.3 Å². The third-order valence-electron chi connectivity index (χ3n) is 7.60. The highest BCUT2D eigenvalue weighted by Crippen LogP contribution is 2.31. The molecule has 0 aliphatic carbocycles. The number of rotatable bonds is 9. The van der Waals surface area contributed by atoms with Crippen LogP contribution < -0.4 is 15.0 Å². The molecule has 2 saturated heterocycles. The summed E-state index contributed by atoms with van der Waals surface area (Å²) in [5.74, 6) is 2.76. The Bertz CT molecular complexity index is 1250. The first-order valence-corrected chi connectivity index (χ1v) is 15.8. The number of nitrogens with one attached hydrogen (secondary N) is 1. The number of hydrogen-bond donors (Lipinski definition) is 2. The summed E-state index contributed by atoms with van der Waals surface area (Å²) >= 11 is 12.7. The highest BCUT2D eigenvalue weighted by Gasteiger charge is 2.23. The number of anilines is 1. The Morgan fingerprint density at radius 3 is 2.29 bits per heavy atom. The fourth-order valence-corrected chi connectivity index (χ4v) is 5.90. The van der Waals surface area contributed by atoms with Crippen LogP contribution in [0.2, 0.25) is 10.0 Å². The summed E-state index contributed by atoms with van der Waals surface area (Å²) in [5.41, 5.74) is 2.73. The fraction of sp³-hybridized carbons (Fsp3) is 0.500. The van der Waals surface area contributed by atoms with E-state index in [4.69, 9.17) is 32.9 Å². The number of benzene rings is 1. The number of hydroxylamine groups is 3. The Kier molecular flexibility index (Phi) is 11.8. The van der Waals surface area contributed by atoms with Gasteiger partial charge >= 0.3 is 0 Å². The van der Waals surface area contributed by atoms with Gasteiger partial charge in [0, 0.05) is 60.8 Å². The van der Waals surface area contributed by atoms with Crippen molar-refractivity contribution < 1.29 is 14.6 Å². The van der Waals surface area contributed by atoms with Crippen LogP contribution >= 0.6 is 23.2 Å². The maximum absolute atomic E-state index is 10.0. The van der Waals surface area contributed by atoms with Crippen LogP contribution in [0.4, 0.5) is 5.82 Å². The number of nitrogens with zero attached hydrogens (tertiary/aromatic N) is 5. The van der Waals surface area contributed by atoms with Crippen LogP contribution in [0.5, 0.6) is 11.6 Å². The van der Waals surface area contributed by atoms with Gasteiger partial charge in [0.25, 0.3) is 0 Å². The van der Waals surface area contributed by atoms with Crippen molar-refractivity contribution in [3.63, 3.8) is 0 Å². The summed E-state index contributed by atoms with van der Waals surface area (Å²) in [5, 5.41) is 14.5. The van der Waals surface area contributed by atoms with Gasteiger partial charge in [0.05, 0.1) is 26.0 Å². The second-order valence-electron chi connectivity index (χ2n) is 11.4. The molecule has 1 aromatic carbocycles. The second kappa shape index (κ2) is 15.3. The zero-order valence-electron chi connectivity index (χ0n) is 25.3. The van der Waals surface area contributed by atoms with Crippen molar-refractivity contribution in [1.82, 2.24) is 20.2 Å². The Hall–Kier alpha value is -2.46. The van der Waals surface area contributed by atoms with E-state index < -0.39 is 0 Å². The standard InChI is InChI=1S/C30H39Cl2N6O2.C2H6/c1-38(2,39)14-7-22-5-10-36(11-6-22)21-23-15-28(24-17-25(31)19-26(32)18-24)35-30(16-23)40-27-3-4-29(34-20-27)37-12-8-33-9-13-37;1-2/h3-4,15-20,22,33,39H,5-14,21H2,1-2H3;1-2H3/q+1;. The summed E-state index contributed by atoms with van der Waals surface area (Å²) < 4.78 is 6.27. The third-order valence-corrected chi connectivity index (χ3v) is 8.04. The quantitative estimate of drug-likeness (QED) is 0.204. The Morgan fingerprint density at radius 1 is 0.976 bits per heavy atom. The van der Waals surface area contributed by atoms with Crippen molar-refractivity contribution in [2.45, 2.75) is 39.7 Å². The molecule has 2 aromatic heterocycles. The predicted molar refractivity (Wildman–Crippen MR) is 172 cm³/mol. The summed E-state index contributed by atoms with van der Waals surface area (Å²) in [6.07, 6.45) is 5.08. The highest BCUT2D eigenvalue weighted by atomic mass is 35.5. The molecule has 0 saturated carbocycles. The van der Waals surface area contributed by atoms with E-state index in [9.17, 15) is 5.21 Å². The molecule has 0 bridgehead atoms. The van der Waals surface area contributed by atoms with E-state index in [1.807, 2.05) is 58.3 Å². The number of hydrogen-bond acceptors (Lipinski definition) is 7. The molecule has 10 heteroatoms. The molecule has 0 unspecified atom stereocenters. The number of halogens is 2. The van der Waals surface area contributed by atoms with Gasteiger partial charge in [-0.2, -0.15) is 4.65 Å². The van der Waals surface area contributed by atoms with Crippen LogP contribution in [0, 0.1) is 5.92 Å². The molecule has 2 fully saturated rings. The van der Waals surface area contributed by atoms with E-state index in [-0.39, 0.29) is 4.65 Å². The van der Waals surface area contributed by atoms with Crippen LogP contribution in [0.3, 0.4) is 0 Å². The topological polar surface area (TPSA) is 73.8 Å². The molecule has 4 heterocycles. The molecule has 0 radical (unpaired) electrons. The van der Waals surface area contributed by atoms with Crippen molar-refractivity contribution in [2.75, 3.05) is 64.8 Å². The molecule has 0 atom stereocenters. The largest absolute Gasteiger partial charge is 0.437 e. The van der Waals surface area contributed by atoms with Crippen LogP contribution in [0.1, 0.15) is 38.7 Å². The maximum Gasteiger partial charge on any atom is 0.220 e. The minimum Gasteiger partial charge on any atom is -0.437 e. The molecule has 0 amide bonds. The lowest BCUT2D eigenvalue weighted by Crippen LogP contribution is -2.43. The lowest BCUT2D eigenvalue weighted by atomic mass is 9.93. The van der Waals surface area contributed by atoms with Crippen molar-refractivity contribution in [2.24, 2.45) is 5.92 Å². The summed E-state index contributed by atoms with van der Waals surface area (Å²) in [4.78, 5) is 14.2. The third kappa shape index (κ3) is 9.79. The molecule has 42 heavy (non-hydrogen) atoms. The average molecular weight is 617 g/mol. The zero-order valence-corrected chi connectivity index (χ0v) is 26.8. The van der Waals surface area contributed by atoms with Crippen LogP contribution in [-0.2, 0) is 6.54 Å². The van der Waals surface area contributed by atoms with E-state index in [0.717, 1.165) is 94.3 Å². The van der Waals surface area contributed by atoms with E-state index in [0.29, 0.717) is 27.6 Å². The molecule has 2 aliphatic rings. The number of likely N-dealkylation sites (tertiary alicyclic amines) is 1. The summed E-state index contributed by atoms with van der Waals surface area (Å²) in [6.45, 7) is 11.4. The Labute approximate surface area is 260 Å². The van der Waals surface area contributed by atoms with E-state index in [2.05, 4.69) is 26.2 Å². The van der Waals surface area contributed by atoms with Crippen molar-refractivity contribution in [3.8, 4) is 22.9 Å². The number of piperazine rings is 1. The van der Waals surface area contributed by atoms with Gasteiger partial charge in [-0.25, -0.2) is 15.2 Å². The minimum atomic E-state index is 0.0320. The second-order valence-corrected chi connectivity index (χ2v) is 12.3. The number of piperidine rings is 1. The zero-order chi connectivity index (χ0) is 30.1. The van der Waals surface area contributed by atoms with Gasteiger partial charge in [-0.1, -0.05) is 37.0 Å². The van der Waals surface area contributed by atoms with Gasteiger partial charge in [0.1, 0.15) is 18.1 Å². The molecular formula is C32H45Cl2N6O2+. The monoisotopic (exact) mass is 615 g/mol. The SMILES string of the molecule is CC.C[N+](C)(O)CCC1CCN(Cc2cc(Oc3ccc(N4CCNCC4)nc3)nc(-c3cc(Cl)cc(Cl)c3)c2)CC1. The highest BCUT2D eigenvalue weighted by molar-refractivity contribution is 6.35. The number of aromatic nitrogens is 2. The lowest BCUT2D eigenvalue weighted by Gasteiger charge is -2.33. The molecule has 8 nitrogen and oxygen atoms in total. The smallest absolute Gasteiger partial charge is 0.220 e. The van der Waals surface area contributed by atoms with Gasteiger partial charge in [-0.3, -0.25) is 4.90 Å². The number of ether oxygens (including phenoxy) is 1. The maximum atomic E-state index is 10.0. The molecule has 228 valence electrons. The van der Waals surface area contributed by atoms with Crippen LogP contribution in [0.15, 0.2) is 48.7 Å². The predicted octanol–water partition coefficient (Wildman–Crippen LogP) is 6.75. The first-order valence-electron chi connectivity index (χ1n) is 15.1. The Balaban J connectivity index is 0.00000198. The van der Waals surface area contributed by atoms with Crippen LogP contribution in [0.25, 0.3) is 11.3 Å². The van der Waals surface area contributed by atoms with E-state index in [1.165, 1.54) is 0 Å². The molecule has 3 aromatic rings. The number of quaternary nitrogens is 1. The first kappa shape index (κ1) is 32.5. The molecule has 2 aliphatic heterocycles. The molecule has 0 spiro atoms. The van der Waals surface area contributed by atoms with Gasteiger partial charge in [0.15, 0.2) is 0 Å². The summed E-state index contributed by atoms with van der Waals surface area (Å²) in [7, 11) is 3.67.